The minimum Gasteiger partial charge on any atom is -0.383 e. The summed E-state index contributed by atoms with van der Waals surface area (Å²) in [6.07, 6.45) is 1.40. The lowest BCUT2D eigenvalue weighted by molar-refractivity contribution is -0.114. The van der Waals surface area contributed by atoms with E-state index in [0.29, 0.717) is 0 Å². The maximum absolute atomic E-state index is 12.6. The van der Waals surface area contributed by atoms with Crippen molar-refractivity contribution in [1.29, 1.82) is 0 Å². The minimum atomic E-state index is -0.714. The van der Waals surface area contributed by atoms with E-state index in [9.17, 15) is 14.4 Å². The number of benzene rings is 1. The fraction of sp³-hybridized carbons (Fsp3) is 0.316. The summed E-state index contributed by atoms with van der Waals surface area (Å²) in [7, 11) is 1.49. The summed E-state index contributed by atoms with van der Waals surface area (Å²) in [5.41, 5.74) is 6.36. The SMILES string of the molecule is COCCN(C(=O)C=C(C)C)c1c(N)n(Cc2ccccc2)c(=O)[nH]c1=O. The molecule has 8 nitrogen and oxygen atoms in total. The van der Waals surface area contributed by atoms with E-state index >= 15 is 0 Å². The molecule has 0 radical (unpaired) electrons. The van der Waals surface area contributed by atoms with Crippen LogP contribution >= 0.6 is 0 Å². The lowest BCUT2D eigenvalue weighted by Gasteiger charge is -2.23. The highest BCUT2D eigenvalue weighted by atomic mass is 16.5. The summed E-state index contributed by atoms with van der Waals surface area (Å²) in [5.74, 6) is -0.478. The molecule has 3 N–H and O–H groups in total. The van der Waals surface area contributed by atoms with Crippen molar-refractivity contribution in [1.82, 2.24) is 9.55 Å². The number of nitrogens with two attached hydrogens (primary N) is 1. The van der Waals surface area contributed by atoms with Crippen molar-refractivity contribution < 1.29 is 9.53 Å². The van der Waals surface area contributed by atoms with Gasteiger partial charge in [0.15, 0.2) is 5.69 Å². The Hall–Kier alpha value is -3.13. The number of rotatable bonds is 7. The Bertz CT molecular complexity index is 940. The predicted octanol–water partition coefficient (Wildman–Crippen LogP) is 1.11. The molecule has 0 unspecified atom stereocenters. The molecule has 1 heterocycles. The van der Waals surface area contributed by atoms with Gasteiger partial charge in [-0.3, -0.25) is 24.0 Å². The second-order valence-corrected chi connectivity index (χ2v) is 6.27. The van der Waals surface area contributed by atoms with Gasteiger partial charge in [0, 0.05) is 19.7 Å². The van der Waals surface area contributed by atoms with Gasteiger partial charge < -0.3 is 10.5 Å². The third-order valence-electron chi connectivity index (χ3n) is 3.86. The number of nitrogens with zero attached hydrogens (tertiary/aromatic N) is 2. The molecule has 0 saturated heterocycles. The smallest absolute Gasteiger partial charge is 0.330 e. The van der Waals surface area contributed by atoms with Gasteiger partial charge in [0.1, 0.15) is 5.82 Å². The first kappa shape index (κ1) is 20.2. The van der Waals surface area contributed by atoms with Crippen molar-refractivity contribution in [2.45, 2.75) is 20.4 Å². The van der Waals surface area contributed by atoms with Gasteiger partial charge in [0.2, 0.25) is 0 Å². The van der Waals surface area contributed by atoms with Crippen molar-refractivity contribution in [3.63, 3.8) is 0 Å². The molecule has 1 aromatic carbocycles. The maximum Gasteiger partial charge on any atom is 0.330 e. The number of carbonyl (C=O) groups excluding carboxylic acids is 1. The molecule has 0 atom stereocenters. The molecule has 8 heteroatoms. The van der Waals surface area contributed by atoms with Gasteiger partial charge in [-0.25, -0.2) is 4.79 Å². The van der Waals surface area contributed by atoms with Gasteiger partial charge in [-0.05, 0) is 19.4 Å². The summed E-state index contributed by atoms with van der Waals surface area (Å²) in [4.78, 5) is 40.8. The minimum absolute atomic E-state index is 0.0647. The first-order chi connectivity index (χ1) is 12.8. The van der Waals surface area contributed by atoms with Crippen LogP contribution in [0.1, 0.15) is 19.4 Å². The second-order valence-electron chi connectivity index (χ2n) is 6.27. The summed E-state index contributed by atoms with van der Waals surface area (Å²) in [5, 5.41) is 0. The van der Waals surface area contributed by atoms with Crippen LogP contribution in [0.4, 0.5) is 11.5 Å². The lowest BCUT2D eigenvalue weighted by Crippen LogP contribution is -2.42. The van der Waals surface area contributed by atoms with Crippen molar-refractivity contribution >= 4 is 17.4 Å². The average molecular weight is 372 g/mol. The number of nitrogens with one attached hydrogen (secondary N) is 1. The number of allylic oxidation sites excluding steroid dienone is 1. The number of carbonyl (C=O) groups is 1. The number of aromatic nitrogens is 2. The molecule has 0 bridgehead atoms. The van der Waals surface area contributed by atoms with E-state index in [-0.39, 0.29) is 31.2 Å². The number of hydrogen-bond acceptors (Lipinski definition) is 5. The molecule has 0 saturated carbocycles. The van der Waals surface area contributed by atoms with Crippen molar-refractivity contribution in [2.24, 2.45) is 0 Å². The van der Waals surface area contributed by atoms with Crippen LogP contribution in [0.5, 0.6) is 0 Å². The number of anilines is 2. The van der Waals surface area contributed by atoms with Gasteiger partial charge in [0.25, 0.3) is 11.5 Å². The fourth-order valence-electron chi connectivity index (χ4n) is 2.60. The molecule has 144 valence electrons. The quantitative estimate of drug-likeness (QED) is 0.708. The Morgan fingerprint density at radius 3 is 2.52 bits per heavy atom. The van der Waals surface area contributed by atoms with Gasteiger partial charge in [-0.2, -0.15) is 0 Å². The van der Waals surface area contributed by atoms with E-state index in [2.05, 4.69) is 4.98 Å². The fourth-order valence-corrected chi connectivity index (χ4v) is 2.60. The van der Waals surface area contributed by atoms with E-state index in [1.807, 2.05) is 30.3 Å². The Balaban J connectivity index is 2.57. The number of ether oxygens (including phenoxy) is 1. The van der Waals surface area contributed by atoms with Crippen LogP contribution in [0.3, 0.4) is 0 Å². The van der Waals surface area contributed by atoms with Crippen molar-refractivity contribution in [2.75, 3.05) is 30.9 Å². The molecule has 1 amide bonds. The molecule has 0 aliphatic carbocycles. The van der Waals surface area contributed by atoms with Gasteiger partial charge in [-0.1, -0.05) is 35.9 Å². The largest absolute Gasteiger partial charge is 0.383 e. The van der Waals surface area contributed by atoms with Crippen LogP contribution in [0, 0.1) is 0 Å². The third kappa shape index (κ3) is 4.95. The monoisotopic (exact) mass is 372 g/mol. The molecular weight excluding hydrogens is 348 g/mol. The number of nitrogen functional groups attached to an aromatic ring is 1. The number of aromatic amines is 1. The van der Waals surface area contributed by atoms with Gasteiger partial charge in [-0.15, -0.1) is 0 Å². The third-order valence-corrected chi connectivity index (χ3v) is 3.86. The summed E-state index contributed by atoms with van der Waals surface area (Å²) < 4.78 is 6.28. The highest BCUT2D eigenvalue weighted by Crippen LogP contribution is 2.18. The first-order valence-corrected chi connectivity index (χ1v) is 8.47. The van der Waals surface area contributed by atoms with Crippen LogP contribution in [0.25, 0.3) is 0 Å². The zero-order valence-corrected chi connectivity index (χ0v) is 15.7. The molecule has 27 heavy (non-hydrogen) atoms. The molecular formula is C19H24N4O4. The van der Waals surface area contributed by atoms with Crippen LogP contribution in [0.15, 0.2) is 51.6 Å². The number of amides is 1. The standard InChI is InChI=1S/C19H24N4O4/c1-13(2)11-15(24)22(9-10-27-3)16-17(20)23(19(26)21-18(16)25)12-14-7-5-4-6-8-14/h4-8,11H,9-10,12,20H2,1-3H3,(H,21,25,26). The molecule has 0 aliphatic heterocycles. The molecule has 0 fully saturated rings. The van der Waals surface area contributed by atoms with Crippen molar-refractivity contribution in [3.05, 3.63) is 68.4 Å². The average Bonchev–Trinajstić information content (AvgIpc) is 2.61. The van der Waals surface area contributed by atoms with Crippen LogP contribution in [-0.4, -0.2) is 35.7 Å². The predicted molar refractivity (Wildman–Crippen MR) is 105 cm³/mol. The summed E-state index contributed by atoms with van der Waals surface area (Å²) in [6, 6.07) is 9.22. The maximum atomic E-state index is 12.6. The normalized spacial score (nSPS) is 10.5. The van der Waals surface area contributed by atoms with E-state index < -0.39 is 17.2 Å². The van der Waals surface area contributed by atoms with Crippen molar-refractivity contribution in [3.8, 4) is 0 Å². The van der Waals surface area contributed by atoms with Gasteiger partial charge >= 0.3 is 5.69 Å². The molecule has 2 aromatic rings. The number of hydrogen-bond donors (Lipinski definition) is 2. The summed E-state index contributed by atoms with van der Waals surface area (Å²) in [6.45, 7) is 4.05. The van der Waals surface area contributed by atoms with E-state index in [1.54, 1.807) is 13.8 Å². The Labute approximate surface area is 156 Å². The Morgan fingerprint density at radius 1 is 1.26 bits per heavy atom. The lowest BCUT2D eigenvalue weighted by atomic mass is 10.2. The molecule has 0 aliphatic rings. The second kappa shape index (κ2) is 9.00. The first-order valence-electron chi connectivity index (χ1n) is 8.47. The van der Waals surface area contributed by atoms with Crippen LogP contribution in [0.2, 0.25) is 0 Å². The van der Waals surface area contributed by atoms with Crippen LogP contribution in [-0.2, 0) is 16.1 Å². The topological polar surface area (TPSA) is 110 Å². The Kier molecular flexibility index (Phi) is 6.73. The highest BCUT2D eigenvalue weighted by Gasteiger charge is 2.23. The molecule has 1 aromatic heterocycles. The Morgan fingerprint density at radius 2 is 1.93 bits per heavy atom. The van der Waals surface area contributed by atoms with E-state index in [1.165, 1.54) is 22.7 Å². The van der Waals surface area contributed by atoms with E-state index in [4.69, 9.17) is 10.5 Å². The zero-order chi connectivity index (χ0) is 20.0. The molecule has 0 spiro atoms. The molecule has 2 rings (SSSR count). The van der Waals surface area contributed by atoms with Gasteiger partial charge in [0.05, 0.1) is 13.2 Å². The summed E-state index contributed by atoms with van der Waals surface area (Å²) >= 11 is 0. The van der Waals surface area contributed by atoms with Crippen LogP contribution < -0.4 is 21.9 Å². The van der Waals surface area contributed by atoms with E-state index in [0.717, 1.165) is 11.1 Å². The number of H-pyrrole nitrogens is 1. The highest BCUT2D eigenvalue weighted by molar-refractivity contribution is 6.03. The zero-order valence-electron chi connectivity index (χ0n) is 15.7. The number of methoxy groups -OCH3 is 1.